The van der Waals surface area contributed by atoms with Crippen molar-refractivity contribution in [2.75, 3.05) is 6.61 Å². The van der Waals surface area contributed by atoms with Crippen molar-refractivity contribution < 1.29 is 9.13 Å². The van der Waals surface area contributed by atoms with Gasteiger partial charge in [-0.25, -0.2) is 9.37 Å². The van der Waals surface area contributed by atoms with Gasteiger partial charge in [0.1, 0.15) is 11.6 Å². The van der Waals surface area contributed by atoms with Crippen molar-refractivity contribution in [1.29, 1.82) is 0 Å². The number of benzene rings is 1. The predicted molar refractivity (Wildman–Crippen MR) is 85.2 cm³/mol. The summed E-state index contributed by atoms with van der Waals surface area (Å²) in [6.07, 6.45) is 4.74. The van der Waals surface area contributed by atoms with E-state index in [9.17, 15) is 4.39 Å². The van der Waals surface area contributed by atoms with Gasteiger partial charge in [-0.3, -0.25) is 0 Å². The number of rotatable bonds is 4. The van der Waals surface area contributed by atoms with Crippen LogP contribution in [0.4, 0.5) is 4.39 Å². The molecule has 0 amide bonds. The lowest BCUT2D eigenvalue weighted by Crippen LogP contribution is -2.21. The summed E-state index contributed by atoms with van der Waals surface area (Å²) in [5.41, 5.74) is 1.56. The minimum Gasteiger partial charge on any atom is -0.378 e. The maximum Gasteiger partial charge on any atom is 0.139 e. The van der Waals surface area contributed by atoms with Gasteiger partial charge in [0.25, 0.3) is 0 Å². The van der Waals surface area contributed by atoms with E-state index < -0.39 is 0 Å². The van der Waals surface area contributed by atoms with Gasteiger partial charge in [0.15, 0.2) is 0 Å². The molecular weight excluding hydrogens is 359 g/mol. The monoisotopic (exact) mass is 374 g/mol. The third kappa shape index (κ3) is 3.25. The van der Waals surface area contributed by atoms with Gasteiger partial charge in [0.05, 0.1) is 27.5 Å². The van der Waals surface area contributed by atoms with E-state index in [2.05, 4.69) is 25.5 Å². The Kier molecular flexibility index (Phi) is 4.82. The molecule has 0 radical (unpaired) electrons. The van der Waals surface area contributed by atoms with Crippen molar-refractivity contribution in [2.24, 2.45) is 0 Å². The molecule has 1 unspecified atom stereocenters. The van der Waals surface area contributed by atoms with Crippen LogP contribution in [-0.2, 0) is 17.2 Å². The fraction of sp³-hybridized carbons (Fsp3) is 0.533. The topological polar surface area (TPSA) is 27.1 Å². The second-order valence-corrected chi connectivity index (χ2v) is 6.47. The van der Waals surface area contributed by atoms with E-state index >= 15 is 0 Å². The number of fused-ring (bicyclic) bond motifs is 1. The van der Waals surface area contributed by atoms with Gasteiger partial charge in [-0.2, -0.15) is 0 Å². The van der Waals surface area contributed by atoms with E-state index in [1.165, 1.54) is 12.5 Å². The highest BCUT2D eigenvalue weighted by molar-refractivity contribution is 9.10. The number of hydrogen-bond donors (Lipinski definition) is 0. The van der Waals surface area contributed by atoms with E-state index in [-0.39, 0.29) is 5.82 Å². The van der Waals surface area contributed by atoms with Crippen LogP contribution in [0.25, 0.3) is 11.0 Å². The number of alkyl halides is 1. The first kappa shape index (κ1) is 15.3. The number of nitrogens with zero attached hydrogens (tertiary/aromatic N) is 2. The Labute approximate surface area is 136 Å². The molecule has 3 rings (SSSR count). The van der Waals surface area contributed by atoms with Crippen molar-refractivity contribution in [3.8, 4) is 0 Å². The average molecular weight is 376 g/mol. The van der Waals surface area contributed by atoms with Crippen molar-refractivity contribution in [1.82, 2.24) is 9.55 Å². The first-order chi connectivity index (χ1) is 10.2. The molecule has 2 aromatic rings. The number of halogens is 3. The molecule has 1 saturated heterocycles. The van der Waals surface area contributed by atoms with Gasteiger partial charge in [-0.1, -0.05) is 0 Å². The molecule has 6 heteroatoms. The Hall–Kier alpha value is -0.650. The van der Waals surface area contributed by atoms with Crippen LogP contribution in [0, 0.1) is 5.82 Å². The first-order valence-electron chi connectivity index (χ1n) is 7.21. The molecule has 21 heavy (non-hydrogen) atoms. The highest BCUT2D eigenvalue weighted by Crippen LogP contribution is 2.26. The van der Waals surface area contributed by atoms with E-state index in [1.807, 2.05) is 0 Å². The van der Waals surface area contributed by atoms with E-state index in [0.717, 1.165) is 43.8 Å². The highest BCUT2D eigenvalue weighted by Gasteiger charge is 2.17. The minimum atomic E-state index is -0.302. The number of hydrogen-bond acceptors (Lipinski definition) is 2. The summed E-state index contributed by atoms with van der Waals surface area (Å²) in [4.78, 5) is 4.43. The molecule has 1 fully saturated rings. The van der Waals surface area contributed by atoms with Crippen molar-refractivity contribution >= 4 is 38.6 Å². The van der Waals surface area contributed by atoms with Gasteiger partial charge in [0.2, 0.25) is 0 Å². The maximum atomic E-state index is 13.6. The molecule has 0 spiro atoms. The SMILES string of the molecule is Fc1cc2nc(CCl)n(CCC3CCCCO3)c2cc1Br. The smallest absolute Gasteiger partial charge is 0.139 e. The molecule has 2 heterocycles. The molecule has 3 nitrogen and oxygen atoms in total. The Balaban J connectivity index is 1.86. The summed E-state index contributed by atoms with van der Waals surface area (Å²) in [5, 5.41) is 0. The van der Waals surface area contributed by atoms with Crippen LogP contribution in [0.5, 0.6) is 0 Å². The lowest BCUT2D eigenvalue weighted by Gasteiger charge is -2.23. The zero-order valence-electron chi connectivity index (χ0n) is 11.6. The Bertz CT molecular complexity index is 640. The number of aryl methyl sites for hydroxylation is 1. The van der Waals surface area contributed by atoms with Crippen LogP contribution in [0.3, 0.4) is 0 Å². The summed E-state index contributed by atoms with van der Waals surface area (Å²) < 4.78 is 21.9. The predicted octanol–water partition coefficient (Wildman–Crippen LogP) is 4.64. The second kappa shape index (κ2) is 6.63. The Morgan fingerprint density at radius 1 is 1.43 bits per heavy atom. The van der Waals surface area contributed by atoms with Crippen LogP contribution in [0.15, 0.2) is 16.6 Å². The Morgan fingerprint density at radius 2 is 2.29 bits per heavy atom. The van der Waals surface area contributed by atoms with E-state index in [4.69, 9.17) is 16.3 Å². The molecule has 1 aromatic heterocycles. The minimum absolute atomic E-state index is 0.302. The van der Waals surface area contributed by atoms with Crippen LogP contribution in [-0.4, -0.2) is 22.3 Å². The lowest BCUT2D eigenvalue weighted by molar-refractivity contribution is 0.00889. The third-order valence-corrected chi connectivity index (χ3v) is 4.78. The molecule has 0 bridgehead atoms. The average Bonchev–Trinajstić information content (AvgIpc) is 2.83. The molecule has 1 atom stereocenters. The number of aromatic nitrogens is 2. The number of ether oxygens (including phenoxy) is 1. The summed E-state index contributed by atoms with van der Waals surface area (Å²) in [5.74, 6) is 0.795. The summed E-state index contributed by atoms with van der Waals surface area (Å²) in [7, 11) is 0. The fourth-order valence-corrected chi connectivity index (χ4v) is 3.37. The summed E-state index contributed by atoms with van der Waals surface area (Å²) >= 11 is 9.22. The van der Waals surface area contributed by atoms with Gasteiger partial charge in [0, 0.05) is 19.2 Å². The fourth-order valence-electron chi connectivity index (χ4n) is 2.83. The molecule has 1 aliphatic heterocycles. The third-order valence-electron chi connectivity index (χ3n) is 3.94. The second-order valence-electron chi connectivity index (χ2n) is 5.35. The first-order valence-corrected chi connectivity index (χ1v) is 8.53. The van der Waals surface area contributed by atoms with Gasteiger partial charge in [-0.15, -0.1) is 11.6 Å². The van der Waals surface area contributed by atoms with Crippen molar-refractivity contribution in [3.05, 3.63) is 28.2 Å². The van der Waals surface area contributed by atoms with E-state index in [1.54, 1.807) is 6.07 Å². The molecule has 0 N–H and O–H groups in total. The molecule has 1 aliphatic rings. The summed E-state index contributed by atoms with van der Waals surface area (Å²) in [6.45, 7) is 1.65. The van der Waals surface area contributed by atoms with Gasteiger partial charge < -0.3 is 9.30 Å². The van der Waals surface area contributed by atoms with Gasteiger partial charge >= 0.3 is 0 Å². The Morgan fingerprint density at radius 3 is 3.00 bits per heavy atom. The molecule has 114 valence electrons. The zero-order valence-corrected chi connectivity index (χ0v) is 14.0. The van der Waals surface area contributed by atoms with Crippen LogP contribution in [0.1, 0.15) is 31.5 Å². The van der Waals surface area contributed by atoms with Crippen molar-refractivity contribution in [3.63, 3.8) is 0 Å². The van der Waals surface area contributed by atoms with Crippen LogP contribution >= 0.6 is 27.5 Å². The standard InChI is InChI=1S/C15H17BrClFN2O/c16-11-7-14-13(8-12(11)18)19-15(9-17)20(14)5-4-10-3-1-2-6-21-10/h7-8,10H,1-6,9H2. The van der Waals surface area contributed by atoms with Crippen LogP contribution < -0.4 is 0 Å². The summed E-state index contributed by atoms with van der Waals surface area (Å²) in [6, 6.07) is 3.22. The molecule has 0 saturated carbocycles. The molecular formula is C15H17BrClFN2O. The van der Waals surface area contributed by atoms with Gasteiger partial charge in [-0.05, 0) is 47.7 Å². The lowest BCUT2D eigenvalue weighted by atomic mass is 10.1. The van der Waals surface area contributed by atoms with Crippen LogP contribution in [0.2, 0.25) is 0 Å². The van der Waals surface area contributed by atoms with Crippen molar-refractivity contribution in [2.45, 2.75) is 44.2 Å². The van der Waals surface area contributed by atoms with E-state index in [0.29, 0.717) is 22.0 Å². The zero-order chi connectivity index (χ0) is 14.8. The number of imidazole rings is 1. The normalized spacial score (nSPS) is 19.3. The quantitative estimate of drug-likeness (QED) is 0.728. The maximum absolute atomic E-state index is 13.6. The molecule has 1 aromatic carbocycles. The largest absolute Gasteiger partial charge is 0.378 e. The molecule has 0 aliphatic carbocycles. The highest BCUT2D eigenvalue weighted by atomic mass is 79.9.